The van der Waals surface area contributed by atoms with Crippen LogP contribution >= 0.6 is 39.9 Å². The molecule has 1 aromatic carbocycles. The fourth-order valence-electron chi connectivity index (χ4n) is 1.65. The molecule has 1 aromatic rings. The zero-order valence-corrected chi connectivity index (χ0v) is 12.2. The molecule has 1 N–H and O–H groups in total. The van der Waals surface area contributed by atoms with Gasteiger partial charge in [-0.05, 0) is 30.8 Å². The Kier molecular flexibility index (Phi) is 5.54. The summed E-state index contributed by atoms with van der Waals surface area (Å²) in [4.78, 5) is 2.35. The molecule has 0 spiro atoms. The minimum absolute atomic E-state index is 0. The summed E-state index contributed by atoms with van der Waals surface area (Å²) in [5.74, 6) is 0. The molecule has 0 aromatic heterocycles. The highest BCUT2D eigenvalue weighted by Crippen LogP contribution is 2.23. The maximum absolute atomic E-state index is 5.98. The van der Waals surface area contributed by atoms with E-state index in [9.17, 15) is 0 Å². The van der Waals surface area contributed by atoms with Crippen LogP contribution in [0, 0.1) is 0 Å². The second-order valence-corrected chi connectivity index (χ2v) is 5.25. The third-order valence-corrected chi connectivity index (χ3v) is 3.82. The van der Waals surface area contributed by atoms with E-state index in [-0.39, 0.29) is 12.4 Å². The van der Waals surface area contributed by atoms with E-state index in [1.165, 1.54) is 5.56 Å². The van der Waals surface area contributed by atoms with Crippen LogP contribution in [0.25, 0.3) is 0 Å². The molecule has 1 heterocycles. The predicted molar refractivity (Wildman–Crippen MR) is 74.5 cm³/mol. The molecule has 1 saturated heterocycles. The van der Waals surface area contributed by atoms with Crippen molar-refractivity contribution in [2.24, 2.45) is 0 Å². The Bertz CT molecular complexity index is 356. The van der Waals surface area contributed by atoms with E-state index in [1.54, 1.807) is 0 Å². The van der Waals surface area contributed by atoms with Gasteiger partial charge in [-0.15, -0.1) is 12.4 Å². The van der Waals surface area contributed by atoms with Crippen LogP contribution < -0.4 is 5.32 Å². The van der Waals surface area contributed by atoms with E-state index in [2.05, 4.69) is 33.2 Å². The number of hydrogen-bond donors (Lipinski definition) is 1. The van der Waals surface area contributed by atoms with Gasteiger partial charge < -0.3 is 5.32 Å². The van der Waals surface area contributed by atoms with Gasteiger partial charge in [0.05, 0.1) is 0 Å². The van der Waals surface area contributed by atoms with Gasteiger partial charge in [-0.1, -0.05) is 27.5 Å². The number of rotatable bonds is 3. The molecule has 1 fully saturated rings. The normalized spacial score (nSPS) is 15.8. The Morgan fingerprint density at radius 3 is 2.75 bits per heavy atom. The van der Waals surface area contributed by atoms with Gasteiger partial charge in [-0.25, -0.2) is 0 Å². The van der Waals surface area contributed by atoms with Gasteiger partial charge in [-0.2, -0.15) is 0 Å². The molecule has 0 unspecified atom stereocenters. The van der Waals surface area contributed by atoms with Gasteiger partial charge in [0.2, 0.25) is 0 Å². The molecule has 5 heteroatoms. The second kappa shape index (κ2) is 6.22. The molecule has 2 nitrogen and oxygen atoms in total. The lowest BCUT2D eigenvalue weighted by atomic mass is 10.1. The van der Waals surface area contributed by atoms with Crippen LogP contribution in [0.4, 0.5) is 0 Å². The lowest BCUT2D eigenvalue weighted by Crippen LogP contribution is -2.55. The van der Waals surface area contributed by atoms with Crippen molar-refractivity contribution in [2.45, 2.75) is 12.6 Å². The van der Waals surface area contributed by atoms with E-state index in [0.29, 0.717) is 6.04 Å². The smallest absolute Gasteiger partial charge is 0.0410 e. The summed E-state index contributed by atoms with van der Waals surface area (Å²) in [6.45, 7) is 3.12. The Labute approximate surface area is 116 Å². The maximum Gasteiger partial charge on any atom is 0.0410 e. The highest BCUT2D eigenvalue weighted by atomic mass is 79.9. The number of halogens is 3. The summed E-state index contributed by atoms with van der Waals surface area (Å²) in [7, 11) is 2.15. The van der Waals surface area contributed by atoms with Crippen LogP contribution in [-0.2, 0) is 6.54 Å². The molecule has 0 bridgehead atoms. The molecular formula is C11H15BrCl2N2. The highest BCUT2D eigenvalue weighted by Gasteiger charge is 2.21. The van der Waals surface area contributed by atoms with Crippen molar-refractivity contribution in [1.82, 2.24) is 10.2 Å². The summed E-state index contributed by atoms with van der Waals surface area (Å²) in [5, 5.41) is 4.07. The monoisotopic (exact) mass is 324 g/mol. The quantitative estimate of drug-likeness (QED) is 0.919. The minimum atomic E-state index is 0. The molecule has 0 saturated carbocycles. The number of benzene rings is 1. The fourth-order valence-corrected chi connectivity index (χ4v) is 2.21. The van der Waals surface area contributed by atoms with Crippen molar-refractivity contribution in [3.05, 3.63) is 33.3 Å². The Hall–Kier alpha value is 0.200. The van der Waals surface area contributed by atoms with Crippen LogP contribution in [0.15, 0.2) is 22.7 Å². The van der Waals surface area contributed by atoms with Gasteiger partial charge in [0, 0.05) is 35.2 Å². The van der Waals surface area contributed by atoms with E-state index >= 15 is 0 Å². The van der Waals surface area contributed by atoms with Gasteiger partial charge >= 0.3 is 0 Å². The molecule has 0 aliphatic carbocycles. The first-order chi connectivity index (χ1) is 7.16. The predicted octanol–water partition coefficient (Wildman–Crippen LogP) is 2.93. The van der Waals surface area contributed by atoms with E-state index in [1.807, 2.05) is 18.2 Å². The van der Waals surface area contributed by atoms with Crippen LogP contribution in [-0.4, -0.2) is 31.1 Å². The van der Waals surface area contributed by atoms with E-state index < -0.39 is 0 Å². The molecular weight excluding hydrogens is 311 g/mol. The largest absolute Gasteiger partial charge is 0.314 e. The van der Waals surface area contributed by atoms with Crippen molar-refractivity contribution < 1.29 is 0 Å². The van der Waals surface area contributed by atoms with Crippen molar-refractivity contribution >= 4 is 39.9 Å². The Morgan fingerprint density at radius 2 is 2.19 bits per heavy atom. The highest BCUT2D eigenvalue weighted by molar-refractivity contribution is 9.10. The summed E-state index contributed by atoms with van der Waals surface area (Å²) in [6.07, 6.45) is 0. The first kappa shape index (κ1) is 14.3. The third kappa shape index (κ3) is 3.34. The number of nitrogens with one attached hydrogen (secondary N) is 1. The molecule has 1 aliphatic rings. The number of nitrogens with zero attached hydrogens (tertiary/aromatic N) is 1. The third-order valence-electron chi connectivity index (χ3n) is 2.81. The number of hydrogen-bond acceptors (Lipinski definition) is 2. The second-order valence-electron chi connectivity index (χ2n) is 3.96. The fraction of sp³-hybridized carbons (Fsp3) is 0.455. The van der Waals surface area contributed by atoms with Gasteiger partial charge in [0.25, 0.3) is 0 Å². The van der Waals surface area contributed by atoms with Crippen LogP contribution in [0.1, 0.15) is 5.56 Å². The zero-order chi connectivity index (χ0) is 10.8. The molecule has 1 aliphatic heterocycles. The summed E-state index contributed by atoms with van der Waals surface area (Å²) < 4.78 is 1.13. The first-order valence-electron chi connectivity index (χ1n) is 5.01. The molecule has 16 heavy (non-hydrogen) atoms. The molecule has 0 radical (unpaired) electrons. The van der Waals surface area contributed by atoms with Gasteiger partial charge in [0.1, 0.15) is 0 Å². The average Bonchev–Trinajstić information content (AvgIpc) is 2.08. The topological polar surface area (TPSA) is 15.3 Å². The van der Waals surface area contributed by atoms with Crippen molar-refractivity contribution in [3.8, 4) is 0 Å². The SMILES string of the molecule is CN(Cc1cc(Cl)ccc1Br)C1CNC1.Cl. The first-order valence-corrected chi connectivity index (χ1v) is 6.19. The number of likely N-dealkylation sites (N-methyl/N-ethyl adjacent to an activating group) is 1. The average molecular weight is 326 g/mol. The molecule has 0 atom stereocenters. The standard InChI is InChI=1S/C11H14BrClN2.ClH/c1-15(10-5-14-6-10)7-8-4-9(13)2-3-11(8)12;/h2-4,10,14H,5-7H2,1H3;1H. The summed E-state index contributed by atoms with van der Waals surface area (Å²) in [6, 6.07) is 6.59. The zero-order valence-electron chi connectivity index (χ0n) is 9.04. The van der Waals surface area contributed by atoms with Gasteiger partial charge in [-0.3, -0.25) is 4.90 Å². The maximum atomic E-state index is 5.98. The van der Waals surface area contributed by atoms with Crippen LogP contribution in [0.3, 0.4) is 0 Å². The van der Waals surface area contributed by atoms with Gasteiger partial charge in [0.15, 0.2) is 0 Å². The molecule has 2 rings (SSSR count). The van der Waals surface area contributed by atoms with Crippen molar-refractivity contribution in [1.29, 1.82) is 0 Å². The van der Waals surface area contributed by atoms with E-state index in [4.69, 9.17) is 11.6 Å². The van der Waals surface area contributed by atoms with E-state index in [0.717, 1.165) is 29.1 Å². The van der Waals surface area contributed by atoms with Crippen LogP contribution in [0.5, 0.6) is 0 Å². The molecule has 90 valence electrons. The molecule has 0 amide bonds. The lowest BCUT2D eigenvalue weighted by Gasteiger charge is -2.35. The Morgan fingerprint density at radius 1 is 1.50 bits per heavy atom. The Balaban J connectivity index is 0.00000128. The minimum Gasteiger partial charge on any atom is -0.314 e. The lowest BCUT2D eigenvalue weighted by molar-refractivity contribution is 0.173. The summed E-state index contributed by atoms with van der Waals surface area (Å²) in [5.41, 5.74) is 1.25. The van der Waals surface area contributed by atoms with Crippen molar-refractivity contribution in [3.63, 3.8) is 0 Å². The van der Waals surface area contributed by atoms with Crippen LogP contribution in [0.2, 0.25) is 5.02 Å². The van der Waals surface area contributed by atoms with Crippen molar-refractivity contribution in [2.75, 3.05) is 20.1 Å². The summed E-state index contributed by atoms with van der Waals surface area (Å²) >= 11 is 9.52.